The summed E-state index contributed by atoms with van der Waals surface area (Å²) >= 11 is 1.50. The van der Waals surface area contributed by atoms with Crippen LogP contribution in [0.4, 0.5) is 11.8 Å². The third-order valence-corrected chi connectivity index (χ3v) is 6.36. The molecule has 0 aliphatic carbocycles. The summed E-state index contributed by atoms with van der Waals surface area (Å²) in [7, 11) is 5.87. The highest BCUT2D eigenvalue weighted by Crippen LogP contribution is 2.35. The quantitative estimate of drug-likeness (QED) is 0.553. The van der Waals surface area contributed by atoms with E-state index in [2.05, 4.69) is 33.9 Å². The lowest BCUT2D eigenvalue weighted by Crippen LogP contribution is -2.32. The van der Waals surface area contributed by atoms with Crippen LogP contribution in [-0.4, -0.2) is 60.2 Å². The second kappa shape index (κ2) is 10.1. The highest BCUT2D eigenvalue weighted by Gasteiger charge is 2.26. The summed E-state index contributed by atoms with van der Waals surface area (Å²) in [6.45, 7) is 2.20. The molecule has 1 aliphatic rings. The van der Waals surface area contributed by atoms with Gasteiger partial charge >= 0.3 is 0 Å². The molecule has 0 bridgehead atoms. The third kappa shape index (κ3) is 5.41. The van der Waals surface area contributed by atoms with Crippen molar-refractivity contribution in [3.63, 3.8) is 0 Å². The normalized spacial score (nSPS) is 15.9. The molecule has 0 amide bonds. The van der Waals surface area contributed by atoms with Crippen molar-refractivity contribution in [1.29, 1.82) is 0 Å². The standard InChI is InChI=1S/C23H28N6O2S/c1-28(2)17-9-10-29(14-17)23-26-13-20(32-19-7-8-21(24)25-12-19)22(27-23)31-15-16-5-4-6-18(11-16)30-3/h4-8,11-13,17H,9-10,14-15H2,1-3H3,(H2,24,25). The zero-order valence-electron chi connectivity index (χ0n) is 18.6. The van der Waals surface area contributed by atoms with Crippen molar-refractivity contribution in [1.82, 2.24) is 19.9 Å². The van der Waals surface area contributed by atoms with Crippen LogP contribution in [0, 0.1) is 0 Å². The van der Waals surface area contributed by atoms with Gasteiger partial charge in [-0.15, -0.1) is 0 Å². The number of hydrogen-bond acceptors (Lipinski definition) is 9. The molecule has 2 N–H and O–H groups in total. The van der Waals surface area contributed by atoms with Crippen molar-refractivity contribution in [2.75, 3.05) is 44.9 Å². The number of pyridine rings is 1. The number of nitrogens with two attached hydrogens (primary N) is 1. The second-order valence-corrected chi connectivity index (χ2v) is 8.97. The van der Waals surface area contributed by atoms with Crippen molar-refractivity contribution in [2.45, 2.75) is 28.9 Å². The second-order valence-electron chi connectivity index (χ2n) is 7.85. The number of rotatable bonds is 8. The van der Waals surface area contributed by atoms with Crippen molar-refractivity contribution >= 4 is 23.5 Å². The van der Waals surface area contributed by atoms with Crippen LogP contribution in [0.15, 0.2) is 58.6 Å². The summed E-state index contributed by atoms with van der Waals surface area (Å²) in [4.78, 5) is 19.8. The molecule has 0 saturated carbocycles. The van der Waals surface area contributed by atoms with Crippen LogP contribution in [0.2, 0.25) is 0 Å². The Morgan fingerprint density at radius 3 is 2.78 bits per heavy atom. The number of benzene rings is 1. The Morgan fingerprint density at radius 1 is 1.19 bits per heavy atom. The van der Waals surface area contributed by atoms with E-state index in [0.717, 1.165) is 40.6 Å². The van der Waals surface area contributed by atoms with E-state index >= 15 is 0 Å². The van der Waals surface area contributed by atoms with Crippen molar-refractivity contribution in [3.05, 3.63) is 54.4 Å². The molecule has 1 aromatic carbocycles. The first-order chi connectivity index (χ1) is 15.5. The van der Waals surface area contributed by atoms with E-state index in [9.17, 15) is 0 Å². The maximum atomic E-state index is 6.18. The Labute approximate surface area is 192 Å². The van der Waals surface area contributed by atoms with Gasteiger partial charge in [0.1, 0.15) is 18.2 Å². The van der Waals surface area contributed by atoms with Crippen LogP contribution in [0.1, 0.15) is 12.0 Å². The van der Waals surface area contributed by atoms with Gasteiger partial charge < -0.3 is 25.0 Å². The van der Waals surface area contributed by atoms with Crippen molar-refractivity contribution in [3.8, 4) is 11.6 Å². The number of aromatic nitrogens is 3. The molecule has 1 atom stereocenters. The molecule has 8 nitrogen and oxygen atoms in total. The SMILES string of the molecule is COc1cccc(COc2nc(N3CCC(N(C)C)C3)ncc2Sc2ccc(N)nc2)c1. The maximum absolute atomic E-state index is 6.18. The van der Waals surface area contributed by atoms with Crippen LogP contribution in [0.5, 0.6) is 11.6 Å². The Bertz CT molecular complexity index is 1050. The molecular formula is C23H28N6O2S. The Balaban J connectivity index is 1.57. The molecule has 2 aromatic heterocycles. The highest BCUT2D eigenvalue weighted by atomic mass is 32.2. The molecule has 4 rings (SSSR count). The number of ether oxygens (including phenoxy) is 2. The van der Waals surface area contributed by atoms with Crippen LogP contribution < -0.4 is 20.1 Å². The predicted molar refractivity (Wildman–Crippen MR) is 126 cm³/mol. The molecule has 0 radical (unpaired) electrons. The number of nitrogen functional groups attached to an aromatic ring is 1. The summed E-state index contributed by atoms with van der Waals surface area (Å²) in [5.74, 6) is 2.52. The molecule has 1 aliphatic heterocycles. The summed E-state index contributed by atoms with van der Waals surface area (Å²) in [6, 6.07) is 12.0. The van der Waals surface area contributed by atoms with Gasteiger partial charge in [0.2, 0.25) is 11.8 Å². The molecule has 3 aromatic rings. The van der Waals surface area contributed by atoms with E-state index in [1.807, 2.05) is 36.5 Å². The van der Waals surface area contributed by atoms with Crippen LogP contribution >= 0.6 is 11.8 Å². The van der Waals surface area contributed by atoms with Gasteiger partial charge in [0.05, 0.1) is 18.2 Å². The predicted octanol–water partition coefficient (Wildman–Crippen LogP) is 3.33. The minimum Gasteiger partial charge on any atom is -0.497 e. The van der Waals surface area contributed by atoms with Gasteiger partial charge in [0.15, 0.2) is 0 Å². The molecule has 1 fully saturated rings. The minimum absolute atomic E-state index is 0.377. The van der Waals surface area contributed by atoms with Crippen molar-refractivity contribution in [2.24, 2.45) is 0 Å². The average Bonchev–Trinajstić information content (AvgIpc) is 3.31. The van der Waals surface area contributed by atoms with Crippen LogP contribution in [0.25, 0.3) is 0 Å². The van der Waals surface area contributed by atoms with Crippen LogP contribution in [0.3, 0.4) is 0 Å². The van der Waals surface area contributed by atoms with E-state index in [-0.39, 0.29) is 0 Å². The number of likely N-dealkylation sites (N-methyl/N-ethyl adjacent to an activating group) is 1. The lowest BCUT2D eigenvalue weighted by Gasteiger charge is -2.21. The summed E-state index contributed by atoms with van der Waals surface area (Å²) in [5.41, 5.74) is 6.72. The lowest BCUT2D eigenvalue weighted by atomic mass is 10.2. The average molecular weight is 453 g/mol. The number of nitrogens with zero attached hydrogens (tertiary/aromatic N) is 5. The molecule has 1 unspecified atom stereocenters. The molecule has 0 spiro atoms. The molecule has 3 heterocycles. The number of hydrogen-bond donors (Lipinski definition) is 1. The first-order valence-corrected chi connectivity index (χ1v) is 11.3. The highest BCUT2D eigenvalue weighted by molar-refractivity contribution is 7.99. The monoisotopic (exact) mass is 452 g/mol. The zero-order valence-corrected chi connectivity index (χ0v) is 19.4. The summed E-state index contributed by atoms with van der Waals surface area (Å²) in [6.07, 6.45) is 4.65. The van der Waals surface area contributed by atoms with Gasteiger partial charge in [-0.25, -0.2) is 9.97 Å². The first-order valence-electron chi connectivity index (χ1n) is 10.5. The molecule has 32 heavy (non-hydrogen) atoms. The number of anilines is 2. The first kappa shape index (κ1) is 22.2. The van der Waals surface area contributed by atoms with E-state index in [4.69, 9.17) is 20.2 Å². The van der Waals surface area contributed by atoms with Crippen LogP contribution in [-0.2, 0) is 6.61 Å². The molecule has 9 heteroatoms. The van der Waals surface area contributed by atoms with Gasteiger partial charge in [-0.3, -0.25) is 0 Å². The fraction of sp³-hybridized carbons (Fsp3) is 0.348. The van der Waals surface area contributed by atoms with Gasteiger partial charge in [-0.2, -0.15) is 4.98 Å². The van der Waals surface area contributed by atoms with Gasteiger partial charge in [-0.1, -0.05) is 23.9 Å². The Hall–Kier alpha value is -3.04. The lowest BCUT2D eigenvalue weighted by molar-refractivity contribution is 0.284. The zero-order chi connectivity index (χ0) is 22.5. The molecule has 168 valence electrons. The van der Waals surface area contributed by atoms with E-state index in [1.165, 1.54) is 11.8 Å². The smallest absolute Gasteiger partial charge is 0.232 e. The molecular weight excluding hydrogens is 424 g/mol. The third-order valence-electron chi connectivity index (χ3n) is 5.38. The van der Waals surface area contributed by atoms with Crippen molar-refractivity contribution < 1.29 is 9.47 Å². The summed E-state index contributed by atoms with van der Waals surface area (Å²) < 4.78 is 11.5. The Morgan fingerprint density at radius 2 is 2.06 bits per heavy atom. The van der Waals surface area contributed by atoms with Gasteiger partial charge in [-0.05, 0) is 50.3 Å². The summed E-state index contributed by atoms with van der Waals surface area (Å²) in [5, 5.41) is 0. The minimum atomic E-state index is 0.377. The van der Waals surface area contributed by atoms with E-state index in [1.54, 1.807) is 19.4 Å². The maximum Gasteiger partial charge on any atom is 0.232 e. The fourth-order valence-electron chi connectivity index (χ4n) is 3.51. The van der Waals surface area contributed by atoms with Gasteiger partial charge in [0, 0.05) is 30.2 Å². The number of methoxy groups -OCH3 is 1. The Kier molecular flexibility index (Phi) is 6.96. The molecule has 1 saturated heterocycles. The largest absolute Gasteiger partial charge is 0.497 e. The van der Waals surface area contributed by atoms with Gasteiger partial charge in [0.25, 0.3) is 0 Å². The van der Waals surface area contributed by atoms with E-state index < -0.39 is 0 Å². The fourth-order valence-corrected chi connectivity index (χ4v) is 4.30. The van der Waals surface area contributed by atoms with E-state index in [0.29, 0.717) is 30.3 Å². The topological polar surface area (TPSA) is 89.6 Å².